The van der Waals surface area contributed by atoms with Gasteiger partial charge in [0.1, 0.15) is 4.49 Å². The monoisotopic (exact) mass is 568 g/mol. The van der Waals surface area contributed by atoms with Crippen LogP contribution in [-0.4, -0.2) is 5.75 Å². The Morgan fingerprint density at radius 1 is 0.654 bits per heavy atom. The zero-order chi connectivity index (χ0) is 19.6. The number of allylic oxidation sites excluding steroid dienone is 2. The van der Waals surface area contributed by atoms with Gasteiger partial charge in [0, 0.05) is 0 Å². The molecule has 0 nitrogen and oxygen atoms in total. The maximum atomic E-state index is 6.00. The van der Waals surface area contributed by atoms with Gasteiger partial charge in [0.2, 0.25) is 0 Å². The summed E-state index contributed by atoms with van der Waals surface area (Å²) >= 11 is 26.0. The first-order valence-corrected chi connectivity index (χ1v) is 13.6. The van der Waals surface area contributed by atoms with E-state index in [-0.39, 0.29) is 4.49 Å². The summed E-state index contributed by atoms with van der Waals surface area (Å²) in [5, 5.41) is 0.341. The molecule has 0 aromatic rings. The first kappa shape index (κ1) is 27.7. The van der Waals surface area contributed by atoms with Gasteiger partial charge in [-0.05, 0) is 44.0 Å². The number of halogens is 5. The van der Waals surface area contributed by atoms with Crippen LogP contribution in [0, 0.1) is 0 Å². The number of hydrogen-bond acceptors (Lipinski definition) is 1. The molecule has 0 rings (SSSR count). The van der Waals surface area contributed by atoms with Crippen LogP contribution in [0.3, 0.4) is 0 Å². The number of thioether (sulfide) groups is 1. The molecule has 0 heterocycles. The molecule has 0 bridgehead atoms. The number of unbranched alkanes of at least 4 members (excludes halogenated alkanes) is 13. The van der Waals surface area contributed by atoms with Gasteiger partial charge in [0.05, 0.1) is 13.3 Å². The maximum absolute atomic E-state index is 6.00. The van der Waals surface area contributed by atoms with Gasteiger partial charge in [-0.25, -0.2) is 0 Å². The van der Waals surface area contributed by atoms with Crippen molar-refractivity contribution in [1.82, 2.24) is 0 Å². The van der Waals surface area contributed by atoms with Gasteiger partial charge in [-0.15, -0.1) is 11.8 Å². The lowest BCUT2D eigenvalue weighted by Crippen LogP contribution is -1.85. The molecule has 0 aliphatic rings. The minimum absolute atomic E-state index is 0.0765. The minimum atomic E-state index is 0.0765. The first-order chi connectivity index (χ1) is 12.5. The normalized spacial score (nSPS) is 12.2. The predicted molar refractivity (Wildman–Crippen MR) is 132 cm³/mol. The summed E-state index contributed by atoms with van der Waals surface area (Å²) in [4.78, 5) is 0. The van der Waals surface area contributed by atoms with Crippen molar-refractivity contribution in [2.75, 3.05) is 5.75 Å². The summed E-state index contributed by atoms with van der Waals surface area (Å²) in [6.07, 6.45) is 19.4. The van der Waals surface area contributed by atoms with Crippen molar-refractivity contribution in [3.05, 3.63) is 17.8 Å². The smallest absolute Gasteiger partial charge is 0.117 e. The lowest BCUT2D eigenvalue weighted by Gasteiger charge is -2.05. The maximum Gasteiger partial charge on any atom is 0.126 e. The molecular weight excluding hydrogens is 538 g/mol. The molecule has 0 spiro atoms. The molecule has 0 N–H and O–H groups in total. The average molecular weight is 572 g/mol. The Balaban J connectivity index is 3.42. The van der Waals surface area contributed by atoms with E-state index in [1.165, 1.54) is 89.9 Å². The van der Waals surface area contributed by atoms with Crippen LogP contribution in [0.25, 0.3) is 0 Å². The molecule has 6 heteroatoms. The molecule has 0 amide bonds. The van der Waals surface area contributed by atoms with E-state index < -0.39 is 0 Å². The highest BCUT2D eigenvalue weighted by Crippen LogP contribution is 2.38. The number of rotatable bonds is 17. The van der Waals surface area contributed by atoms with E-state index >= 15 is 0 Å². The van der Waals surface area contributed by atoms with Crippen LogP contribution >= 0.6 is 78.4 Å². The predicted octanol–water partition coefficient (Wildman–Crippen LogP) is 11.0. The summed E-state index contributed by atoms with van der Waals surface area (Å²) < 4.78 is 1.73. The molecule has 0 saturated heterocycles. The van der Waals surface area contributed by atoms with Gasteiger partial charge >= 0.3 is 0 Å². The van der Waals surface area contributed by atoms with Crippen molar-refractivity contribution in [3.63, 3.8) is 0 Å². The molecule has 0 fully saturated rings. The Morgan fingerprint density at radius 2 is 1.04 bits per heavy atom. The second-order valence-electron chi connectivity index (χ2n) is 6.61. The highest BCUT2D eigenvalue weighted by atomic mass is 79.9. The van der Waals surface area contributed by atoms with Gasteiger partial charge in [0.25, 0.3) is 0 Å². The molecule has 0 saturated carbocycles. The Labute approximate surface area is 197 Å². The molecule has 0 aromatic carbocycles. The Morgan fingerprint density at radius 3 is 1.42 bits per heavy atom. The summed E-state index contributed by atoms with van der Waals surface area (Å²) in [6.45, 7) is 2.28. The van der Waals surface area contributed by atoms with Crippen LogP contribution < -0.4 is 0 Å². The first-order valence-electron chi connectivity index (χ1n) is 9.89. The molecule has 0 atom stereocenters. The van der Waals surface area contributed by atoms with Gasteiger partial charge in [-0.1, -0.05) is 125 Å². The third-order valence-electron chi connectivity index (χ3n) is 4.26. The summed E-state index contributed by atoms with van der Waals surface area (Å²) in [6, 6.07) is 0. The van der Waals surface area contributed by atoms with Gasteiger partial charge in [-0.3, -0.25) is 0 Å². The second kappa shape index (κ2) is 20.0. The van der Waals surface area contributed by atoms with E-state index in [2.05, 4.69) is 38.8 Å². The third kappa shape index (κ3) is 16.6. The molecule has 0 aliphatic carbocycles. The lowest BCUT2D eigenvalue weighted by atomic mass is 10.0. The fraction of sp³-hybridized carbons (Fsp3) is 0.800. The van der Waals surface area contributed by atoms with Crippen LogP contribution in [0.1, 0.15) is 96.8 Å². The van der Waals surface area contributed by atoms with Crippen LogP contribution in [0.4, 0.5) is 0 Å². The summed E-state index contributed by atoms with van der Waals surface area (Å²) in [7, 11) is 0. The zero-order valence-corrected chi connectivity index (χ0v) is 22.2. The van der Waals surface area contributed by atoms with E-state index in [0.29, 0.717) is 5.03 Å². The largest absolute Gasteiger partial charge is 0.126 e. The Bertz CT molecular complexity index is 408. The fourth-order valence-electron chi connectivity index (χ4n) is 2.69. The van der Waals surface area contributed by atoms with Crippen molar-refractivity contribution in [2.24, 2.45) is 0 Å². The van der Waals surface area contributed by atoms with Gasteiger partial charge in [0.15, 0.2) is 0 Å². The van der Waals surface area contributed by atoms with Gasteiger partial charge < -0.3 is 0 Å². The molecule has 0 aromatic heterocycles. The highest BCUT2D eigenvalue weighted by Gasteiger charge is 2.09. The standard InChI is InChI=1S/C20H33Br2Cl3S/c1-2-3-4-5-6-7-8-9-10-11-12-13-14-15-16-26-19(22)17(21)18(23)20(24)25/h2-16H2,1H3/b19-17-. The van der Waals surface area contributed by atoms with Crippen LogP contribution in [0.5, 0.6) is 0 Å². The highest BCUT2D eigenvalue weighted by molar-refractivity contribution is 9.15. The summed E-state index contributed by atoms with van der Waals surface area (Å²) in [5.74, 6) is 1.07. The zero-order valence-electron chi connectivity index (χ0n) is 15.9. The van der Waals surface area contributed by atoms with E-state index in [9.17, 15) is 0 Å². The van der Waals surface area contributed by atoms with Crippen molar-refractivity contribution in [1.29, 1.82) is 0 Å². The summed E-state index contributed by atoms with van der Waals surface area (Å²) in [5.41, 5.74) is 0. The van der Waals surface area contributed by atoms with Crippen LogP contribution in [-0.2, 0) is 0 Å². The fourth-order valence-corrected chi connectivity index (χ4v) is 5.35. The molecule has 154 valence electrons. The molecule has 0 radical (unpaired) electrons. The second-order valence-corrected chi connectivity index (χ2v) is 11.2. The van der Waals surface area contributed by atoms with Crippen LogP contribution in [0.2, 0.25) is 0 Å². The topological polar surface area (TPSA) is 0 Å². The van der Waals surface area contributed by atoms with Gasteiger partial charge in [-0.2, -0.15) is 0 Å². The van der Waals surface area contributed by atoms with E-state index in [4.69, 9.17) is 34.8 Å². The quantitative estimate of drug-likeness (QED) is 0.124. The van der Waals surface area contributed by atoms with Crippen molar-refractivity contribution in [3.8, 4) is 0 Å². The van der Waals surface area contributed by atoms with E-state index in [1.54, 1.807) is 11.8 Å². The van der Waals surface area contributed by atoms with Crippen molar-refractivity contribution < 1.29 is 0 Å². The minimum Gasteiger partial charge on any atom is -0.117 e. The van der Waals surface area contributed by atoms with E-state index in [0.717, 1.165) is 14.0 Å². The molecule has 0 unspecified atom stereocenters. The SMILES string of the molecule is CCCCCCCCCCCCCCCCS/C(Br)=C(\Br)C(Cl)=C(Cl)Cl. The Hall–Kier alpha value is 1.66. The van der Waals surface area contributed by atoms with Crippen molar-refractivity contribution >= 4 is 78.4 Å². The average Bonchev–Trinajstić information content (AvgIpc) is 2.63. The van der Waals surface area contributed by atoms with Crippen molar-refractivity contribution in [2.45, 2.75) is 96.8 Å². The third-order valence-corrected chi connectivity index (χ3v) is 9.06. The molecule has 0 aliphatic heterocycles. The van der Waals surface area contributed by atoms with Crippen LogP contribution in [0.15, 0.2) is 17.8 Å². The molecule has 26 heavy (non-hydrogen) atoms. The number of hydrogen-bond donors (Lipinski definition) is 0. The van der Waals surface area contributed by atoms with E-state index in [1.807, 2.05) is 0 Å². The molecular formula is C20H33Br2Cl3S. The Kier molecular flexibility index (Phi) is 21.2. The lowest BCUT2D eigenvalue weighted by molar-refractivity contribution is 0.538.